The second-order valence-electron chi connectivity index (χ2n) is 6.48. The van der Waals surface area contributed by atoms with Crippen LogP contribution in [0.15, 0.2) is 24.3 Å². The Kier molecular flexibility index (Phi) is 4.51. The molecule has 4 heteroatoms. The zero-order valence-electron chi connectivity index (χ0n) is 14.2. The molecule has 1 aromatic carbocycles. The van der Waals surface area contributed by atoms with Crippen molar-refractivity contribution >= 4 is 5.91 Å². The third kappa shape index (κ3) is 3.31. The van der Waals surface area contributed by atoms with Crippen molar-refractivity contribution in [3.05, 3.63) is 52.3 Å². The molecule has 1 N–H and O–H groups in total. The van der Waals surface area contributed by atoms with Gasteiger partial charge in [0.1, 0.15) is 0 Å². The van der Waals surface area contributed by atoms with Crippen molar-refractivity contribution in [1.82, 2.24) is 15.1 Å². The summed E-state index contributed by atoms with van der Waals surface area (Å²) in [5, 5.41) is 7.64. The highest BCUT2D eigenvalue weighted by Gasteiger charge is 2.21. The van der Waals surface area contributed by atoms with Gasteiger partial charge < -0.3 is 5.32 Å². The number of fused-ring (bicyclic) bond motifs is 1. The predicted octanol–water partition coefficient (Wildman–Crippen LogP) is 3.16. The van der Waals surface area contributed by atoms with E-state index in [4.69, 9.17) is 0 Å². The van der Waals surface area contributed by atoms with Gasteiger partial charge in [0.2, 0.25) is 5.91 Å². The van der Waals surface area contributed by atoms with Crippen LogP contribution in [0, 0.1) is 13.8 Å². The fraction of sp³-hybridized carbons (Fsp3) is 0.474. The summed E-state index contributed by atoms with van der Waals surface area (Å²) in [5.41, 5.74) is 6.05. The molecule has 1 aliphatic carbocycles. The number of amides is 1. The van der Waals surface area contributed by atoms with Crippen LogP contribution in [0.4, 0.5) is 0 Å². The van der Waals surface area contributed by atoms with Gasteiger partial charge >= 0.3 is 0 Å². The minimum absolute atomic E-state index is 0.134. The lowest BCUT2D eigenvalue weighted by Gasteiger charge is -2.26. The van der Waals surface area contributed by atoms with E-state index in [0.717, 1.165) is 37.1 Å². The summed E-state index contributed by atoms with van der Waals surface area (Å²) in [6, 6.07) is 8.64. The van der Waals surface area contributed by atoms with E-state index >= 15 is 0 Å². The number of hydrogen-bond donors (Lipinski definition) is 1. The van der Waals surface area contributed by atoms with Gasteiger partial charge in [-0.3, -0.25) is 9.48 Å². The van der Waals surface area contributed by atoms with Gasteiger partial charge in [-0.25, -0.2) is 0 Å². The van der Waals surface area contributed by atoms with Crippen LogP contribution in [0.5, 0.6) is 0 Å². The van der Waals surface area contributed by atoms with Crippen LogP contribution in [0.2, 0.25) is 0 Å². The first-order valence-electron chi connectivity index (χ1n) is 8.42. The molecule has 1 atom stereocenters. The molecule has 0 spiro atoms. The summed E-state index contributed by atoms with van der Waals surface area (Å²) >= 11 is 0. The first kappa shape index (κ1) is 15.8. The SMILES string of the molecule is Cc1nn(C)c(C)c1CCC(=O)N[C@H]1CCCc2ccccc21. The lowest BCUT2D eigenvalue weighted by atomic mass is 9.87. The normalized spacial score (nSPS) is 16.9. The van der Waals surface area contributed by atoms with Crippen molar-refractivity contribution < 1.29 is 4.79 Å². The zero-order valence-corrected chi connectivity index (χ0v) is 14.2. The smallest absolute Gasteiger partial charge is 0.220 e. The topological polar surface area (TPSA) is 46.9 Å². The Labute approximate surface area is 137 Å². The molecule has 23 heavy (non-hydrogen) atoms. The van der Waals surface area contributed by atoms with Crippen molar-refractivity contribution in [2.75, 3.05) is 0 Å². The number of aromatic nitrogens is 2. The third-order valence-electron chi connectivity index (χ3n) is 4.97. The predicted molar refractivity (Wildman–Crippen MR) is 91.3 cm³/mol. The highest BCUT2D eigenvalue weighted by atomic mass is 16.1. The van der Waals surface area contributed by atoms with Crippen molar-refractivity contribution in [3.63, 3.8) is 0 Å². The fourth-order valence-corrected chi connectivity index (χ4v) is 3.59. The Morgan fingerprint density at radius 2 is 2.13 bits per heavy atom. The van der Waals surface area contributed by atoms with E-state index in [1.54, 1.807) is 0 Å². The van der Waals surface area contributed by atoms with E-state index in [-0.39, 0.29) is 11.9 Å². The van der Waals surface area contributed by atoms with Crippen molar-refractivity contribution in [2.45, 2.75) is 52.0 Å². The summed E-state index contributed by atoms with van der Waals surface area (Å²) in [4.78, 5) is 12.4. The standard InChI is InChI=1S/C19H25N3O/c1-13-16(14(2)22(3)21-13)11-12-19(23)20-18-10-6-8-15-7-4-5-9-17(15)18/h4-5,7,9,18H,6,8,10-12H2,1-3H3,(H,20,23)/t18-/m0/s1. The molecule has 0 aliphatic heterocycles. The summed E-state index contributed by atoms with van der Waals surface area (Å²) in [5.74, 6) is 0.134. The van der Waals surface area contributed by atoms with E-state index in [2.05, 4.69) is 41.6 Å². The van der Waals surface area contributed by atoms with Gasteiger partial charge in [0, 0.05) is 19.2 Å². The molecule has 1 aliphatic rings. The third-order valence-corrected chi connectivity index (χ3v) is 4.97. The monoisotopic (exact) mass is 311 g/mol. The van der Waals surface area contributed by atoms with Gasteiger partial charge in [-0.05, 0) is 56.2 Å². The molecular weight excluding hydrogens is 286 g/mol. The number of hydrogen-bond acceptors (Lipinski definition) is 2. The zero-order chi connectivity index (χ0) is 16.4. The van der Waals surface area contributed by atoms with Crippen LogP contribution >= 0.6 is 0 Å². The maximum atomic E-state index is 12.4. The number of nitrogens with one attached hydrogen (secondary N) is 1. The molecule has 0 unspecified atom stereocenters. The highest BCUT2D eigenvalue weighted by Crippen LogP contribution is 2.29. The number of carbonyl (C=O) groups excluding carboxylic acids is 1. The van der Waals surface area contributed by atoms with Gasteiger partial charge in [-0.15, -0.1) is 0 Å². The first-order valence-corrected chi connectivity index (χ1v) is 8.42. The van der Waals surface area contributed by atoms with E-state index < -0.39 is 0 Å². The summed E-state index contributed by atoms with van der Waals surface area (Å²) in [7, 11) is 1.95. The van der Waals surface area contributed by atoms with E-state index in [1.807, 2.05) is 18.7 Å². The molecule has 0 saturated carbocycles. The van der Waals surface area contributed by atoms with Crippen LogP contribution in [-0.4, -0.2) is 15.7 Å². The Morgan fingerprint density at radius 1 is 1.35 bits per heavy atom. The lowest BCUT2D eigenvalue weighted by molar-refractivity contribution is -0.121. The minimum Gasteiger partial charge on any atom is -0.349 e. The molecular formula is C19H25N3O. The molecule has 0 fully saturated rings. The van der Waals surface area contributed by atoms with Gasteiger partial charge in [0.15, 0.2) is 0 Å². The average molecular weight is 311 g/mol. The maximum Gasteiger partial charge on any atom is 0.220 e. The summed E-state index contributed by atoms with van der Waals surface area (Å²) < 4.78 is 1.89. The van der Waals surface area contributed by atoms with Crippen molar-refractivity contribution in [2.24, 2.45) is 7.05 Å². The summed E-state index contributed by atoms with van der Waals surface area (Å²) in [6.07, 6.45) is 4.57. The molecule has 3 rings (SSSR count). The van der Waals surface area contributed by atoms with E-state index in [1.165, 1.54) is 16.7 Å². The van der Waals surface area contributed by atoms with Crippen LogP contribution < -0.4 is 5.32 Å². The molecule has 0 radical (unpaired) electrons. The molecule has 0 bridgehead atoms. The summed E-state index contributed by atoms with van der Waals surface area (Å²) in [6.45, 7) is 4.07. The molecule has 4 nitrogen and oxygen atoms in total. The number of benzene rings is 1. The lowest BCUT2D eigenvalue weighted by Crippen LogP contribution is -2.31. The molecule has 1 amide bonds. The minimum atomic E-state index is 0.134. The largest absolute Gasteiger partial charge is 0.349 e. The van der Waals surface area contributed by atoms with Crippen molar-refractivity contribution in [1.29, 1.82) is 0 Å². The quantitative estimate of drug-likeness (QED) is 0.943. The fourth-order valence-electron chi connectivity index (χ4n) is 3.59. The van der Waals surface area contributed by atoms with Crippen LogP contribution in [0.1, 0.15) is 53.4 Å². The van der Waals surface area contributed by atoms with E-state index in [0.29, 0.717) is 6.42 Å². The van der Waals surface area contributed by atoms with Gasteiger partial charge in [-0.1, -0.05) is 24.3 Å². The van der Waals surface area contributed by atoms with Gasteiger partial charge in [-0.2, -0.15) is 5.10 Å². The second-order valence-corrected chi connectivity index (χ2v) is 6.48. The Morgan fingerprint density at radius 3 is 2.87 bits per heavy atom. The number of rotatable bonds is 4. The molecule has 2 aromatic rings. The molecule has 1 heterocycles. The number of nitrogens with zero attached hydrogens (tertiary/aromatic N) is 2. The molecule has 122 valence electrons. The first-order chi connectivity index (χ1) is 11.1. The molecule has 0 saturated heterocycles. The number of carbonyl (C=O) groups is 1. The van der Waals surface area contributed by atoms with Crippen LogP contribution in [0.3, 0.4) is 0 Å². The maximum absolute atomic E-state index is 12.4. The Hall–Kier alpha value is -2.10. The van der Waals surface area contributed by atoms with Crippen LogP contribution in [0.25, 0.3) is 0 Å². The molecule has 1 aromatic heterocycles. The van der Waals surface area contributed by atoms with Crippen molar-refractivity contribution in [3.8, 4) is 0 Å². The Balaban J connectivity index is 1.62. The second kappa shape index (κ2) is 6.57. The van der Waals surface area contributed by atoms with Gasteiger partial charge in [0.05, 0.1) is 11.7 Å². The highest BCUT2D eigenvalue weighted by molar-refractivity contribution is 5.77. The Bertz CT molecular complexity index is 717. The van der Waals surface area contributed by atoms with Crippen LogP contribution in [-0.2, 0) is 24.7 Å². The average Bonchev–Trinajstić information content (AvgIpc) is 2.78. The van der Waals surface area contributed by atoms with E-state index in [9.17, 15) is 4.79 Å². The van der Waals surface area contributed by atoms with Gasteiger partial charge in [0.25, 0.3) is 0 Å². The number of aryl methyl sites for hydroxylation is 3.